The summed E-state index contributed by atoms with van der Waals surface area (Å²) in [7, 11) is 0. The fraction of sp³-hybridized carbons (Fsp3) is 0.0500. The second-order valence-electron chi connectivity index (χ2n) is 5.49. The van der Waals surface area contributed by atoms with E-state index >= 15 is 0 Å². The van der Waals surface area contributed by atoms with Crippen molar-refractivity contribution in [2.45, 2.75) is 6.92 Å². The van der Waals surface area contributed by atoms with Gasteiger partial charge in [-0.1, -0.05) is 35.9 Å². The van der Waals surface area contributed by atoms with Crippen LogP contribution in [0.15, 0.2) is 54.6 Å². The van der Waals surface area contributed by atoms with Crippen molar-refractivity contribution in [3.63, 3.8) is 0 Å². The fourth-order valence-electron chi connectivity index (χ4n) is 2.52. The number of rotatable bonds is 2. The molecule has 0 fully saturated rings. The molecule has 0 saturated heterocycles. The molecule has 0 saturated carbocycles. The Balaban J connectivity index is 2.10. The van der Waals surface area contributed by atoms with Gasteiger partial charge in [-0.15, -0.1) is 0 Å². The second-order valence-corrected chi connectivity index (χ2v) is 5.49. The Morgan fingerprint density at radius 2 is 1.25 bits per heavy atom. The van der Waals surface area contributed by atoms with E-state index in [1.54, 1.807) is 18.2 Å². The Hall–Kier alpha value is -3.06. The largest absolute Gasteiger partial charge is 0.206 e. The SMILES string of the molecule is Cc1ccc(-c2cc(F)c(-c3ccc(C#N)c(F)c3)c(F)c2)cc1. The van der Waals surface area contributed by atoms with Gasteiger partial charge in [-0.2, -0.15) is 5.26 Å². The summed E-state index contributed by atoms with van der Waals surface area (Å²) in [5, 5.41) is 8.73. The molecule has 0 bridgehead atoms. The smallest absolute Gasteiger partial charge is 0.141 e. The standard InChI is InChI=1S/C20H12F3N/c1-12-2-4-13(5-3-12)16-9-18(22)20(19(23)10-16)14-6-7-15(11-24)17(21)8-14/h2-10H,1H3. The summed E-state index contributed by atoms with van der Waals surface area (Å²) in [4.78, 5) is 0. The quantitative estimate of drug-likeness (QED) is 0.600. The van der Waals surface area contributed by atoms with E-state index in [4.69, 9.17) is 5.26 Å². The number of hydrogen-bond acceptors (Lipinski definition) is 1. The second kappa shape index (κ2) is 6.21. The molecule has 24 heavy (non-hydrogen) atoms. The first kappa shape index (κ1) is 15.8. The highest BCUT2D eigenvalue weighted by Crippen LogP contribution is 2.32. The van der Waals surface area contributed by atoms with Crippen LogP contribution in [0.25, 0.3) is 22.3 Å². The van der Waals surface area contributed by atoms with Crippen LogP contribution in [0.3, 0.4) is 0 Å². The maximum atomic E-state index is 14.4. The molecule has 0 atom stereocenters. The van der Waals surface area contributed by atoms with Crippen LogP contribution in [0.4, 0.5) is 13.2 Å². The highest BCUT2D eigenvalue weighted by molar-refractivity contribution is 5.72. The van der Waals surface area contributed by atoms with Crippen molar-refractivity contribution >= 4 is 0 Å². The van der Waals surface area contributed by atoms with Crippen LogP contribution in [-0.4, -0.2) is 0 Å². The first-order valence-corrected chi connectivity index (χ1v) is 7.25. The van der Waals surface area contributed by atoms with Crippen LogP contribution in [0.5, 0.6) is 0 Å². The molecule has 0 aliphatic carbocycles. The number of nitrogens with zero attached hydrogens (tertiary/aromatic N) is 1. The van der Waals surface area contributed by atoms with Gasteiger partial charge in [-0.25, -0.2) is 13.2 Å². The zero-order valence-electron chi connectivity index (χ0n) is 12.8. The van der Waals surface area contributed by atoms with Gasteiger partial charge >= 0.3 is 0 Å². The van der Waals surface area contributed by atoms with Crippen LogP contribution in [0.1, 0.15) is 11.1 Å². The highest BCUT2D eigenvalue weighted by atomic mass is 19.1. The van der Waals surface area contributed by atoms with Crippen molar-refractivity contribution < 1.29 is 13.2 Å². The van der Waals surface area contributed by atoms with Gasteiger partial charge in [0.15, 0.2) is 0 Å². The Kier molecular flexibility index (Phi) is 4.09. The van der Waals surface area contributed by atoms with Crippen molar-refractivity contribution in [1.82, 2.24) is 0 Å². The lowest BCUT2D eigenvalue weighted by atomic mass is 9.97. The molecule has 3 aromatic carbocycles. The molecule has 4 heteroatoms. The van der Waals surface area contributed by atoms with E-state index in [1.807, 2.05) is 19.1 Å². The van der Waals surface area contributed by atoms with Gasteiger partial charge in [0.05, 0.1) is 11.1 Å². The molecule has 0 aromatic heterocycles. The maximum Gasteiger partial charge on any atom is 0.141 e. The zero-order chi connectivity index (χ0) is 17.3. The molecule has 0 aliphatic heterocycles. The summed E-state index contributed by atoms with van der Waals surface area (Å²) in [5.74, 6) is -2.37. The molecular formula is C20H12F3N. The minimum Gasteiger partial charge on any atom is -0.206 e. The monoisotopic (exact) mass is 323 g/mol. The molecule has 3 rings (SSSR count). The first-order valence-electron chi connectivity index (χ1n) is 7.25. The zero-order valence-corrected chi connectivity index (χ0v) is 12.8. The summed E-state index contributed by atoms with van der Waals surface area (Å²) < 4.78 is 42.6. The van der Waals surface area contributed by atoms with Gasteiger partial charge in [0, 0.05) is 0 Å². The Morgan fingerprint density at radius 3 is 1.79 bits per heavy atom. The van der Waals surface area contributed by atoms with Crippen LogP contribution in [-0.2, 0) is 0 Å². The molecule has 118 valence electrons. The van der Waals surface area contributed by atoms with Gasteiger partial charge in [-0.05, 0) is 47.9 Å². The lowest BCUT2D eigenvalue weighted by Gasteiger charge is -2.09. The van der Waals surface area contributed by atoms with Crippen LogP contribution in [0.2, 0.25) is 0 Å². The van der Waals surface area contributed by atoms with Crippen LogP contribution >= 0.6 is 0 Å². The third kappa shape index (κ3) is 2.89. The van der Waals surface area contributed by atoms with Crippen molar-refractivity contribution in [2.24, 2.45) is 0 Å². The Labute approximate surface area is 137 Å². The van der Waals surface area contributed by atoms with Crippen molar-refractivity contribution in [3.05, 3.63) is 83.2 Å². The lowest BCUT2D eigenvalue weighted by molar-refractivity contribution is 0.589. The van der Waals surface area contributed by atoms with Crippen molar-refractivity contribution in [2.75, 3.05) is 0 Å². The van der Waals surface area contributed by atoms with Crippen molar-refractivity contribution in [3.8, 4) is 28.3 Å². The molecular weight excluding hydrogens is 311 g/mol. The molecule has 0 N–H and O–H groups in total. The number of benzene rings is 3. The number of aryl methyl sites for hydroxylation is 1. The Bertz CT molecular complexity index is 931. The third-order valence-corrected chi connectivity index (χ3v) is 3.81. The average molecular weight is 323 g/mol. The molecule has 0 aliphatic rings. The summed E-state index contributed by atoms with van der Waals surface area (Å²) in [6, 6.07) is 14.9. The van der Waals surface area contributed by atoms with E-state index in [1.165, 1.54) is 24.3 Å². The van der Waals surface area contributed by atoms with Gasteiger partial charge in [0.25, 0.3) is 0 Å². The van der Waals surface area contributed by atoms with Crippen LogP contribution in [0, 0.1) is 35.7 Å². The minimum absolute atomic E-state index is 0.0527. The van der Waals surface area contributed by atoms with Gasteiger partial charge in [-0.3, -0.25) is 0 Å². The molecule has 0 radical (unpaired) electrons. The van der Waals surface area contributed by atoms with E-state index < -0.39 is 17.5 Å². The van der Waals surface area contributed by atoms with E-state index in [0.717, 1.165) is 11.6 Å². The number of halogens is 3. The summed E-state index contributed by atoms with van der Waals surface area (Å²) >= 11 is 0. The summed E-state index contributed by atoms with van der Waals surface area (Å²) in [6.07, 6.45) is 0. The van der Waals surface area contributed by atoms with E-state index in [0.29, 0.717) is 11.1 Å². The van der Waals surface area contributed by atoms with Gasteiger partial charge in [0.2, 0.25) is 0 Å². The summed E-state index contributed by atoms with van der Waals surface area (Å²) in [6.45, 7) is 1.92. The summed E-state index contributed by atoms with van der Waals surface area (Å²) in [5.41, 5.74) is 1.71. The molecule has 3 aromatic rings. The molecule has 0 amide bonds. The topological polar surface area (TPSA) is 23.8 Å². The highest BCUT2D eigenvalue weighted by Gasteiger charge is 2.16. The number of hydrogen-bond donors (Lipinski definition) is 0. The Morgan fingerprint density at radius 1 is 0.708 bits per heavy atom. The average Bonchev–Trinajstić information content (AvgIpc) is 2.55. The predicted molar refractivity (Wildman–Crippen MR) is 86.6 cm³/mol. The lowest BCUT2D eigenvalue weighted by Crippen LogP contribution is -1.94. The predicted octanol–water partition coefficient (Wildman–Crippen LogP) is 5.62. The maximum absolute atomic E-state index is 14.4. The minimum atomic E-state index is -0.809. The van der Waals surface area contributed by atoms with Crippen LogP contribution < -0.4 is 0 Å². The fourth-order valence-corrected chi connectivity index (χ4v) is 2.52. The number of nitriles is 1. The first-order chi connectivity index (χ1) is 11.5. The molecule has 0 spiro atoms. The molecule has 1 nitrogen and oxygen atoms in total. The van der Waals surface area contributed by atoms with Gasteiger partial charge in [0.1, 0.15) is 23.5 Å². The normalized spacial score (nSPS) is 10.5. The third-order valence-electron chi connectivity index (χ3n) is 3.81. The van der Waals surface area contributed by atoms with E-state index in [9.17, 15) is 13.2 Å². The molecule has 0 heterocycles. The molecule has 0 unspecified atom stereocenters. The van der Waals surface area contributed by atoms with E-state index in [2.05, 4.69) is 0 Å². The van der Waals surface area contributed by atoms with Crippen molar-refractivity contribution in [1.29, 1.82) is 5.26 Å². The van der Waals surface area contributed by atoms with Gasteiger partial charge < -0.3 is 0 Å². The van der Waals surface area contributed by atoms with E-state index in [-0.39, 0.29) is 16.7 Å².